The number of hydrogen-bond acceptors (Lipinski definition) is 3. The third-order valence-electron chi connectivity index (χ3n) is 6.25. The molecule has 0 aliphatic rings. The largest absolute Gasteiger partial charge is 0.478 e. The maximum absolute atomic E-state index is 15.2. The summed E-state index contributed by atoms with van der Waals surface area (Å²) in [6.07, 6.45) is 4.04. The van der Waals surface area contributed by atoms with Gasteiger partial charge in [0.15, 0.2) is 24.0 Å². The minimum atomic E-state index is -4.72. The number of ether oxygens (including phenoxy) is 1. The molecule has 0 radical (unpaired) electrons. The van der Waals surface area contributed by atoms with E-state index in [1.807, 2.05) is 30.6 Å². The Morgan fingerprint density at radius 1 is 0.769 bits per heavy atom. The third kappa shape index (κ3) is 7.59. The summed E-state index contributed by atoms with van der Waals surface area (Å²) in [6.45, 7) is 1.91. The van der Waals surface area contributed by atoms with E-state index in [9.17, 15) is 22.0 Å². The van der Waals surface area contributed by atoms with Crippen LogP contribution in [0.2, 0.25) is 0 Å². The van der Waals surface area contributed by atoms with Crippen molar-refractivity contribution in [3.05, 3.63) is 113 Å². The normalized spacial score (nSPS) is 11.6. The first kappa shape index (κ1) is 28.1. The summed E-state index contributed by atoms with van der Waals surface area (Å²) in [5.41, 5.74) is 2.60. The van der Waals surface area contributed by atoms with Crippen molar-refractivity contribution in [1.29, 1.82) is 0 Å². The van der Waals surface area contributed by atoms with Crippen molar-refractivity contribution in [3.63, 3.8) is 0 Å². The van der Waals surface area contributed by atoms with E-state index >= 15 is 4.39 Å². The number of fused-ring (bicyclic) bond motifs is 1. The highest BCUT2D eigenvalue weighted by molar-refractivity contribution is 5.84. The van der Waals surface area contributed by atoms with E-state index in [-0.39, 0.29) is 18.4 Å². The molecule has 0 saturated heterocycles. The van der Waals surface area contributed by atoms with Crippen LogP contribution in [0, 0.1) is 17.5 Å². The van der Waals surface area contributed by atoms with Gasteiger partial charge in [0.05, 0.1) is 0 Å². The lowest BCUT2D eigenvalue weighted by Crippen LogP contribution is -2.20. The van der Waals surface area contributed by atoms with Gasteiger partial charge >= 0.3 is 6.18 Å². The fraction of sp³-hybridized carbons (Fsp3) is 0.267. The van der Waals surface area contributed by atoms with Crippen molar-refractivity contribution in [2.75, 3.05) is 6.61 Å². The molecule has 3 nitrogen and oxygen atoms in total. The van der Waals surface area contributed by atoms with Crippen molar-refractivity contribution in [1.82, 2.24) is 9.97 Å². The standard InChI is InChI=1S/C30H26F6N2O/c1-2-3-4-21-16-37-27(38-17-21)12-7-19-6-11-24-23(13-19)10-9-22(28(24)33)8-5-20-14-25(31)29(26(32)15-20)39-18-30(34,35)36/h2,6,9-11,13-17H,1,3-5,7-8,12,18H2. The van der Waals surface area contributed by atoms with Gasteiger partial charge in [-0.1, -0.05) is 36.4 Å². The maximum Gasteiger partial charge on any atom is 0.422 e. The first-order valence-electron chi connectivity index (χ1n) is 12.4. The van der Waals surface area contributed by atoms with Crippen molar-refractivity contribution in [2.24, 2.45) is 0 Å². The molecule has 0 bridgehead atoms. The van der Waals surface area contributed by atoms with E-state index in [1.165, 1.54) is 0 Å². The number of hydrogen-bond donors (Lipinski definition) is 0. The van der Waals surface area contributed by atoms with Crippen LogP contribution in [0.5, 0.6) is 5.75 Å². The van der Waals surface area contributed by atoms with Crippen molar-refractivity contribution in [2.45, 2.75) is 44.7 Å². The molecule has 0 atom stereocenters. The van der Waals surface area contributed by atoms with Gasteiger partial charge in [-0.15, -0.1) is 6.58 Å². The summed E-state index contributed by atoms with van der Waals surface area (Å²) >= 11 is 0. The molecular weight excluding hydrogens is 518 g/mol. The van der Waals surface area contributed by atoms with Crippen molar-refractivity contribution >= 4 is 10.8 Å². The summed E-state index contributed by atoms with van der Waals surface area (Å²) in [4.78, 5) is 8.82. The molecule has 0 aliphatic carbocycles. The van der Waals surface area contributed by atoms with Gasteiger partial charge in [0.25, 0.3) is 0 Å². The maximum atomic E-state index is 15.2. The van der Waals surface area contributed by atoms with Crippen LogP contribution in [0.25, 0.3) is 10.8 Å². The Balaban J connectivity index is 1.39. The Hall–Kier alpha value is -3.88. The first-order valence-corrected chi connectivity index (χ1v) is 12.4. The number of aromatic nitrogens is 2. The topological polar surface area (TPSA) is 35.0 Å². The highest BCUT2D eigenvalue weighted by atomic mass is 19.4. The Kier molecular flexibility index (Phi) is 8.89. The highest BCUT2D eigenvalue weighted by Crippen LogP contribution is 2.28. The predicted molar refractivity (Wildman–Crippen MR) is 137 cm³/mol. The number of nitrogens with zero attached hydrogens (tertiary/aromatic N) is 2. The van der Waals surface area contributed by atoms with E-state index in [0.717, 1.165) is 47.3 Å². The molecule has 0 unspecified atom stereocenters. The molecule has 4 rings (SSSR count). The molecule has 4 aromatic rings. The summed E-state index contributed by atoms with van der Waals surface area (Å²) in [5.74, 6) is -3.27. The molecule has 0 aliphatic heterocycles. The van der Waals surface area contributed by atoms with Gasteiger partial charge in [-0.3, -0.25) is 0 Å². The van der Waals surface area contributed by atoms with Crippen LogP contribution in [-0.2, 0) is 32.1 Å². The molecule has 0 fully saturated rings. The van der Waals surface area contributed by atoms with Crippen molar-refractivity contribution in [3.8, 4) is 5.75 Å². The van der Waals surface area contributed by atoms with E-state index < -0.39 is 36.0 Å². The third-order valence-corrected chi connectivity index (χ3v) is 6.25. The minimum Gasteiger partial charge on any atom is -0.478 e. The Labute approximate surface area is 222 Å². The van der Waals surface area contributed by atoms with E-state index in [1.54, 1.807) is 18.2 Å². The second-order valence-electron chi connectivity index (χ2n) is 9.22. The number of halogens is 6. The SMILES string of the molecule is C=CCCc1cnc(CCc2ccc3c(F)c(CCc4cc(F)c(OCC(F)(F)F)c(F)c4)ccc3c2)nc1. The molecule has 1 aromatic heterocycles. The zero-order valence-electron chi connectivity index (χ0n) is 21.0. The van der Waals surface area contributed by atoms with E-state index in [2.05, 4.69) is 21.3 Å². The highest BCUT2D eigenvalue weighted by Gasteiger charge is 2.30. The smallest absolute Gasteiger partial charge is 0.422 e. The number of aryl methyl sites for hydroxylation is 5. The van der Waals surface area contributed by atoms with Crippen LogP contribution in [-0.4, -0.2) is 22.8 Å². The number of benzene rings is 3. The molecule has 0 spiro atoms. The zero-order chi connectivity index (χ0) is 28.0. The predicted octanol–water partition coefficient (Wildman–Crippen LogP) is 7.68. The van der Waals surface area contributed by atoms with Crippen LogP contribution in [0.15, 0.2) is 67.5 Å². The monoisotopic (exact) mass is 544 g/mol. The molecule has 0 saturated carbocycles. The lowest BCUT2D eigenvalue weighted by Gasteiger charge is -2.12. The van der Waals surface area contributed by atoms with Crippen LogP contribution in [0.1, 0.15) is 34.5 Å². The quantitative estimate of drug-likeness (QED) is 0.144. The summed E-state index contributed by atoms with van der Waals surface area (Å²) in [7, 11) is 0. The van der Waals surface area contributed by atoms with Crippen LogP contribution >= 0.6 is 0 Å². The Bertz CT molecular complexity index is 1430. The molecule has 9 heteroatoms. The van der Waals surface area contributed by atoms with Gasteiger partial charge < -0.3 is 4.74 Å². The van der Waals surface area contributed by atoms with E-state index in [0.29, 0.717) is 23.8 Å². The van der Waals surface area contributed by atoms with Crippen LogP contribution in [0.3, 0.4) is 0 Å². The second-order valence-corrected chi connectivity index (χ2v) is 9.22. The lowest BCUT2D eigenvalue weighted by molar-refractivity contribution is -0.154. The number of rotatable bonds is 11. The average molecular weight is 545 g/mol. The summed E-state index contributed by atoms with van der Waals surface area (Å²) < 4.78 is 84.7. The van der Waals surface area contributed by atoms with Gasteiger partial charge in [-0.05, 0) is 71.9 Å². The fourth-order valence-corrected chi connectivity index (χ4v) is 4.23. The van der Waals surface area contributed by atoms with Crippen LogP contribution in [0.4, 0.5) is 26.3 Å². The molecule has 3 aromatic carbocycles. The Morgan fingerprint density at radius 2 is 1.46 bits per heavy atom. The van der Waals surface area contributed by atoms with Gasteiger partial charge in [0, 0.05) is 24.2 Å². The zero-order valence-corrected chi connectivity index (χ0v) is 21.0. The average Bonchev–Trinajstić information content (AvgIpc) is 2.90. The number of alkyl halides is 3. The molecule has 0 amide bonds. The minimum absolute atomic E-state index is 0.0836. The molecule has 0 N–H and O–H groups in total. The first-order chi connectivity index (χ1) is 18.6. The van der Waals surface area contributed by atoms with Crippen molar-refractivity contribution < 1.29 is 31.1 Å². The molecule has 39 heavy (non-hydrogen) atoms. The van der Waals surface area contributed by atoms with E-state index in [4.69, 9.17) is 0 Å². The summed E-state index contributed by atoms with van der Waals surface area (Å²) in [5, 5.41) is 1.14. The Morgan fingerprint density at radius 3 is 2.13 bits per heavy atom. The number of allylic oxidation sites excluding steroid dienone is 1. The second kappa shape index (κ2) is 12.3. The van der Waals surface area contributed by atoms with Gasteiger partial charge in [0.2, 0.25) is 0 Å². The fourth-order valence-electron chi connectivity index (χ4n) is 4.23. The molecular formula is C30H26F6N2O. The van der Waals surface area contributed by atoms with Gasteiger partial charge in [0.1, 0.15) is 11.6 Å². The van der Waals surface area contributed by atoms with Gasteiger partial charge in [-0.25, -0.2) is 23.1 Å². The molecule has 204 valence electrons. The van der Waals surface area contributed by atoms with Gasteiger partial charge in [-0.2, -0.15) is 13.2 Å². The summed E-state index contributed by atoms with van der Waals surface area (Å²) in [6, 6.07) is 10.7. The molecule has 1 heterocycles. The van der Waals surface area contributed by atoms with Crippen LogP contribution < -0.4 is 4.74 Å². The lowest BCUT2D eigenvalue weighted by atomic mass is 9.98.